The molecule has 2 atom stereocenters. The van der Waals surface area contributed by atoms with Gasteiger partial charge in [-0.3, -0.25) is 0 Å². The summed E-state index contributed by atoms with van der Waals surface area (Å²) in [6.07, 6.45) is 3.19. The van der Waals surface area contributed by atoms with Crippen LogP contribution in [-0.2, 0) is 19.0 Å². The van der Waals surface area contributed by atoms with Crippen LogP contribution in [0.15, 0.2) is 139 Å². The Morgan fingerprint density at radius 1 is 0.820 bits per heavy atom. The van der Waals surface area contributed by atoms with Gasteiger partial charge in [-0.15, -0.1) is 0 Å². The van der Waals surface area contributed by atoms with E-state index in [9.17, 15) is 13.5 Å². The van der Waals surface area contributed by atoms with E-state index in [0.717, 1.165) is 38.6 Å². The Balaban J connectivity index is 1.23. The molecule has 256 valence electrons. The minimum absolute atomic E-state index is 0.00589. The van der Waals surface area contributed by atoms with Crippen LogP contribution in [0.2, 0.25) is 5.04 Å². The van der Waals surface area contributed by atoms with Crippen molar-refractivity contribution in [3.05, 3.63) is 150 Å². The number of phenols is 1. The molecule has 5 nitrogen and oxygen atoms in total. The number of aromatic hydroxyl groups is 1. The topological polar surface area (TPSA) is 72.8 Å². The normalized spacial score (nSPS) is 19.2. The van der Waals surface area contributed by atoms with Crippen molar-refractivity contribution in [2.75, 3.05) is 19.0 Å². The minimum Gasteiger partial charge on any atom is -0.507 e. The SMILES string of the molecule is CC(C)(C)[Si](OCC1=C2[C@@H](CC/C(=C/c3ccc(O)c4ccccc34)c3ccccc3)OC[C@@H]2S(=O)(=O)C1)(c1ccccc1)c1ccccc1. The average molecular weight is 701 g/mol. The summed E-state index contributed by atoms with van der Waals surface area (Å²) in [6.45, 7) is 7.14. The fourth-order valence-electron chi connectivity index (χ4n) is 7.95. The van der Waals surface area contributed by atoms with Crippen molar-refractivity contribution in [1.82, 2.24) is 0 Å². The standard InChI is InChI=1S/C43H44O5SSi/c1-43(2,3)50(35-17-9-5-10-18-35,36-19-11-6-12-20-36)48-28-34-30-49(45,46)41-29-47-40(42(34)41)26-24-32(31-15-7-4-8-16-31)27-33-23-25-39(44)38-22-14-13-21-37(33)38/h4-23,25,27,40-41,44H,24,26,28-30H2,1-3H3/b32-27-/t40-,41+/m1/s1. The van der Waals surface area contributed by atoms with Gasteiger partial charge >= 0.3 is 0 Å². The Bertz CT molecular complexity index is 2110. The smallest absolute Gasteiger partial charge is 0.261 e. The Labute approximate surface area is 297 Å². The number of phenolic OH excluding ortho intramolecular Hbond substituents is 1. The zero-order valence-corrected chi connectivity index (χ0v) is 30.7. The molecule has 2 aliphatic heterocycles. The van der Waals surface area contributed by atoms with E-state index < -0.39 is 23.4 Å². The third-order valence-corrected chi connectivity index (χ3v) is 17.3. The lowest BCUT2D eigenvalue weighted by Gasteiger charge is -2.43. The van der Waals surface area contributed by atoms with E-state index >= 15 is 0 Å². The third-order valence-electron chi connectivity index (χ3n) is 10.3. The lowest BCUT2D eigenvalue weighted by molar-refractivity contribution is 0.118. The van der Waals surface area contributed by atoms with Crippen LogP contribution in [0.5, 0.6) is 5.75 Å². The largest absolute Gasteiger partial charge is 0.507 e. The molecule has 0 aromatic heterocycles. The van der Waals surface area contributed by atoms with Crippen molar-refractivity contribution in [2.24, 2.45) is 0 Å². The summed E-state index contributed by atoms with van der Waals surface area (Å²) < 4.78 is 40.8. The molecule has 7 rings (SSSR count). The zero-order chi connectivity index (χ0) is 34.9. The van der Waals surface area contributed by atoms with Gasteiger partial charge in [0.25, 0.3) is 8.32 Å². The molecule has 2 aliphatic rings. The van der Waals surface area contributed by atoms with Gasteiger partial charge in [-0.2, -0.15) is 0 Å². The molecule has 0 unspecified atom stereocenters. The van der Waals surface area contributed by atoms with Gasteiger partial charge in [-0.05, 0) is 67.6 Å². The first-order valence-electron chi connectivity index (χ1n) is 17.4. The van der Waals surface area contributed by atoms with Crippen LogP contribution in [0.25, 0.3) is 22.4 Å². The van der Waals surface area contributed by atoms with Crippen LogP contribution in [0.4, 0.5) is 0 Å². The molecular weight excluding hydrogens is 657 g/mol. The quantitative estimate of drug-likeness (QED) is 0.0911. The number of rotatable bonds is 10. The molecule has 2 heterocycles. The van der Waals surface area contributed by atoms with E-state index in [1.54, 1.807) is 6.07 Å². The van der Waals surface area contributed by atoms with Crippen LogP contribution < -0.4 is 10.4 Å². The zero-order valence-electron chi connectivity index (χ0n) is 28.9. The molecule has 5 aromatic rings. The molecule has 1 fully saturated rings. The molecule has 0 saturated carbocycles. The van der Waals surface area contributed by atoms with Crippen LogP contribution in [0.3, 0.4) is 0 Å². The maximum atomic E-state index is 13.6. The van der Waals surface area contributed by atoms with E-state index in [0.29, 0.717) is 12.8 Å². The van der Waals surface area contributed by atoms with E-state index in [4.69, 9.17) is 9.16 Å². The van der Waals surface area contributed by atoms with Crippen molar-refractivity contribution in [1.29, 1.82) is 0 Å². The fourth-order valence-corrected chi connectivity index (χ4v) is 14.4. The number of allylic oxidation sites excluding steroid dienone is 1. The number of hydrogen-bond donors (Lipinski definition) is 1. The summed E-state index contributed by atoms with van der Waals surface area (Å²) in [4.78, 5) is 0. The first-order valence-corrected chi connectivity index (χ1v) is 21.0. The summed E-state index contributed by atoms with van der Waals surface area (Å²) in [5.41, 5.74) is 4.98. The Hall–Kier alpha value is -4.27. The third kappa shape index (κ3) is 6.39. The lowest BCUT2D eigenvalue weighted by atomic mass is 9.92. The van der Waals surface area contributed by atoms with E-state index in [-0.39, 0.29) is 35.9 Å². The monoisotopic (exact) mass is 700 g/mol. The molecule has 1 N–H and O–H groups in total. The number of fused-ring (bicyclic) bond motifs is 2. The van der Waals surface area contributed by atoms with Crippen molar-refractivity contribution < 1.29 is 22.7 Å². The molecule has 0 amide bonds. The van der Waals surface area contributed by atoms with Gasteiger partial charge in [-0.25, -0.2) is 8.42 Å². The molecule has 0 bridgehead atoms. The van der Waals surface area contributed by atoms with Gasteiger partial charge in [-0.1, -0.05) is 148 Å². The van der Waals surface area contributed by atoms with Crippen LogP contribution in [0.1, 0.15) is 44.7 Å². The predicted octanol–water partition coefficient (Wildman–Crippen LogP) is 7.94. The second-order valence-corrected chi connectivity index (χ2v) is 20.9. The highest BCUT2D eigenvalue weighted by Gasteiger charge is 2.52. The maximum Gasteiger partial charge on any atom is 0.261 e. The lowest BCUT2D eigenvalue weighted by Crippen LogP contribution is -2.66. The Morgan fingerprint density at radius 3 is 2.02 bits per heavy atom. The van der Waals surface area contributed by atoms with Crippen molar-refractivity contribution >= 4 is 50.9 Å². The number of benzene rings is 5. The molecule has 7 heteroatoms. The fraction of sp³-hybridized carbons (Fsp3) is 0.256. The second-order valence-electron chi connectivity index (χ2n) is 14.4. The van der Waals surface area contributed by atoms with Crippen LogP contribution in [-0.4, -0.2) is 52.2 Å². The van der Waals surface area contributed by atoms with Crippen molar-refractivity contribution in [3.63, 3.8) is 0 Å². The van der Waals surface area contributed by atoms with Crippen molar-refractivity contribution in [2.45, 2.75) is 50.0 Å². The first-order chi connectivity index (χ1) is 24.1. The highest BCUT2D eigenvalue weighted by Crippen LogP contribution is 2.42. The highest BCUT2D eigenvalue weighted by atomic mass is 32.2. The molecule has 50 heavy (non-hydrogen) atoms. The van der Waals surface area contributed by atoms with Gasteiger partial charge < -0.3 is 14.3 Å². The van der Waals surface area contributed by atoms with Crippen LogP contribution in [0, 0.1) is 0 Å². The van der Waals surface area contributed by atoms with Crippen LogP contribution >= 0.6 is 0 Å². The number of sulfone groups is 1. The molecular formula is C43H44O5SSi. The minimum atomic E-state index is -3.41. The van der Waals surface area contributed by atoms with E-state index in [1.165, 1.54) is 10.4 Å². The van der Waals surface area contributed by atoms with E-state index in [2.05, 4.69) is 87.5 Å². The highest BCUT2D eigenvalue weighted by molar-refractivity contribution is 7.92. The van der Waals surface area contributed by atoms with Gasteiger partial charge in [0.15, 0.2) is 9.84 Å². The predicted molar refractivity (Wildman–Crippen MR) is 207 cm³/mol. The second kappa shape index (κ2) is 13.8. The van der Waals surface area contributed by atoms with E-state index in [1.807, 2.05) is 60.7 Å². The summed E-state index contributed by atoms with van der Waals surface area (Å²) in [5.74, 6) is 0.262. The number of hydrogen-bond acceptors (Lipinski definition) is 5. The first kappa shape index (κ1) is 34.2. The Morgan fingerprint density at radius 2 is 1.40 bits per heavy atom. The molecule has 1 saturated heterocycles. The van der Waals surface area contributed by atoms with Gasteiger partial charge in [0, 0.05) is 5.39 Å². The molecule has 0 radical (unpaired) electrons. The van der Waals surface area contributed by atoms with Gasteiger partial charge in [0.05, 0.1) is 25.1 Å². The van der Waals surface area contributed by atoms with Gasteiger partial charge in [0.1, 0.15) is 11.0 Å². The number of ether oxygens (including phenoxy) is 1. The molecule has 5 aromatic carbocycles. The molecule has 0 aliphatic carbocycles. The van der Waals surface area contributed by atoms with Gasteiger partial charge in [0.2, 0.25) is 0 Å². The summed E-state index contributed by atoms with van der Waals surface area (Å²) >= 11 is 0. The maximum absolute atomic E-state index is 13.6. The summed E-state index contributed by atoms with van der Waals surface area (Å²) in [6, 6.07) is 42.8. The van der Waals surface area contributed by atoms with Crippen molar-refractivity contribution in [3.8, 4) is 5.75 Å². The molecule has 0 spiro atoms. The summed E-state index contributed by atoms with van der Waals surface area (Å²) in [7, 11) is -6.28. The average Bonchev–Trinajstić information content (AvgIpc) is 3.67. The Kier molecular flexibility index (Phi) is 9.43. The summed E-state index contributed by atoms with van der Waals surface area (Å²) in [5, 5.41) is 13.8.